The average molecular weight is 292 g/mol. The Hall–Kier alpha value is -1.84. The van der Waals surface area contributed by atoms with Crippen LogP contribution in [0.1, 0.15) is 32.8 Å². The number of hydrogen-bond donors (Lipinski definition) is 1. The Labute approximate surface area is 126 Å². The molecule has 0 heterocycles. The summed E-state index contributed by atoms with van der Waals surface area (Å²) in [7, 11) is 0. The quantitative estimate of drug-likeness (QED) is 0.748. The third kappa shape index (κ3) is 5.98. The number of hydrogen-bond acceptors (Lipinski definition) is 3. The van der Waals surface area contributed by atoms with Crippen molar-refractivity contribution in [1.29, 1.82) is 0 Å². The zero-order valence-corrected chi connectivity index (χ0v) is 12.9. The maximum Gasteiger partial charge on any atom is 0.309 e. The van der Waals surface area contributed by atoms with E-state index in [4.69, 9.17) is 4.74 Å². The number of rotatable bonds is 8. The SMILES string of the molecule is CC(C)CCOC(=O)[C@H](C)[C@H](Cc1ccccc1)C(=O)O. The Morgan fingerprint density at radius 1 is 1.14 bits per heavy atom. The van der Waals surface area contributed by atoms with E-state index >= 15 is 0 Å². The van der Waals surface area contributed by atoms with Gasteiger partial charge in [0.15, 0.2) is 0 Å². The van der Waals surface area contributed by atoms with E-state index in [0.717, 1.165) is 12.0 Å². The zero-order chi connectivity index (χ0) is 15.8. The summed E-state index contributed by atoms with van der Waals surface area (Å²) in [5, 5.41) is 9.36. The monoisotopic (exact) mass is 292 g/mol. The third-order valence-electron chi connectivity index (χ3n) is 3.53. The summed E-state index contributed by atoms with van der Waals surface area (Å²) in [6.07, 6.45) is 1.12. The van der Waals surface area contributed by atoms with Gasteiger partial charge in [0, 0.05) is 0 Å². The first-order valence-corrected chi connectivity index (χ1v) is 7.35. The number of carboxylic acid groups (broad SMARTS) is 1. The van der Waals surface area contributed by atoms with Crippen LogP contribution in [0, 0.1) is 17.8 Å². The summed E-state index contributed by atoms with van der Waals surface area (Å²) < 4.78 is 5.18. The Morgan fingerprint density at radius 2 is 1.76 bits per heavy atom. The molecule has 0 saturated carbocycles. The van der Waals surface area contributed by atoms with E-state index in [-0.39, 0.29) is 0 Å². The Bertz CT molecular complexity index is 453. The van der Waals surface area contributed by atoms with Crippen LogP contribution in [0.3, 0.4) is 0 Å². The fourth-order valence-electron chi connectivity index (χ4n) is 2.04. The molecular weight excluding hydrogens is 268 g/mol. The molecular formula is C17H24O4. The molecule has 1 rings (SSSR count). The number of ether oxygens (including phenoxy) is 1. The number of benzene rings is 1. The van der Waals surface area contributed by atoms with Gasteiger partial charge in [-0.1, -0.05) is 51.1 Å². The van der Waals surface area contributed by atoms with E-state index in [1.54, 1.807) is 6.92 Å². The van der Waals surface area contributed by atoms with Crippen LogP contribution >= 0.6 is 0 Å². The van der Waals surface area contributed by atoms with E-state index in [0.29, 0.717) is 18.9 Å². The van der Waals surface area contributed by atoms with Crippen LogP contribution in [-0.4, -0.2) is 23.7 Å². The largest absolute Gasteiger partial charge is 0.481 e. The van der Waals surface area contributed by atoms with Gasteiger partial charge in [-0.25, -0.2) is 0 Å². The molecule has 0 saturated heterocycles. The highest BCUT2D eigenvalue weighted by molar-refractivity contribution is 5.81. The van der Waals surface area contributed by atoms with Gasteiger partial charge in [0.05, 0.1) is 18.4 Å². The summed E-state index contributed by atoms with van der Waals surface area (Å²) in [5.41, 5.74) is 0.909. The fourth-order valence-corrected chi connectivity index (χ4v) is 2.04. The molecule has 0 spiro atoms. The van der Waals surface area contributed by atoms with Crippen molar-refractivity contribution in [2.24, 2.45) is 17.8 Å². The normalized spacial score (nSPS) is 13.7. The molecule has 2 atom stereocenters. The molecule has 0 aliphatic carbocycles. The lowest BCUT2D eigenvalue weighted by Gasteiger charge is -2.19. The number of carboxylic acids is 1. The van der Waals surface area contributed by atoms with Gasteiger partial charge in [-0.3, -0.25) is 9.59 Å². The second-order valence-corrected chi connectivity index (χ2v) is 5.77. The maximum atomic E-state index is 12.0. The molecule has 4 heteroatoms. The van der Waals surface area contributed by atoms with E-state index < -0.39 is 23.8 Å². The van der Waals surface area contributed by atoms with Crippen LogP contribution in [0.2, 0.25) is 0 Å². The van der Waals surface area contributed by atoms with Crippen LogP contribution < -0.4 is 0 Å². The first kappa shape index (κ1) is 17.2. The van der Waals surface area contributed by atoms with Crippen LogP contribution in [0.25, 0.3) is 0 Å². The Morgan fingerprint density at radius 3 is 2.29 bits per heavy atom. The molecule has 0 radical (unpaired) electrons. The van der Waals surface area contributed by atoms with E-state index in [1.165, 1.54) is 0 Å². The van der Waals surface area contributed by atoms with Crippen molar-refractivity contribution in [3.05, 3.63) is 35.9 Å². The van der Waals surface area contributed by atoms with E-state index in [9.17, 15) is 14.7 Å². The van der Waals surface area contributed by atoms with Crippen molar-refractivity contribution >= 4 is 11.9 Å². The molecule has 4 nitrogen and oxygen atoms in total. The van der Waals surface area contributed by atoms with Gasteiger partial charge in [0.25, 0.3) is 0 Å². The second-order valence-electron chi connectivity index (χ2n) is 5.77. The minimum Gasteiger partial charge on any atom is -0.481 e. The molecule has 0 fully saturated rings. The summed E-state index contributed by atoms with van der Waals surface area (Å²) >= 11 is 0. The van der Waals surface area contributed by atoms with Crippen LogP contribution in [-0.2, 0) is 20.7 Å². The second kappa shape index (κ2) is 8.45. The number of aliphatic carboxylic acids is 1. The molecule has 0 unspecified atom stereocenters. The van der Waals surface area contributed by atoms with Crippen LogP contribution in [0.4, 0.5) is 0 Å². The zero-order valence-electron chi connectivity index (χ0n) is 12.9. The lowest BCUT2D eigenvalue weighted by atomic mass is 9.88. The minimum atomic E-state index is -0.966. The van der Waals surface area contributed by atoms with Crippen molar-refractivity contribution in [2.75, 3.05) is 6.61 Å². The van der Waals surface area contributed by atoms with Gasteiger partial charge in [0.1, 0.15) is 0 Å². The summed E-state index contributed by atoms with van der Waals surface area (Å²) in [5.74, 6) is -2.37. The molecule has 0 bridgehead atoms. The number of carbonyl (C=O) groups is 2. The van der Waals surface area contributed by atoms with Crippen molar-refractivity contribution in [3.8, 4) is 0 Å². The first-order chi connectivity index (χ1) is 9.91. The molecule has 116 valence electrons. The third-order valence-corrected chi connectivity index (χ3v) is 3.53. The van der Waals surface area contributed by atoms with Gasteiger partial charge in [0.2, 0.25) is 0 Å². The molecule has 1 N–H and O–H groups in total. The van der Waals surface area contributed by atoms with Crippen molar-refractivity contribution in [2.45, 2.75) is 33.6 Å². The average Bonchev–Trinajstić information content (AvgIpc) is 2.44. The summed E-state index contributed by atoms with van der Waals surface area (Å²) in [4.78, 5) is 23.4. The molecule has 0 aromatic heterocycles. The lowest BCUT2D eigenvalue weighted by Crippen LogP contribution is -2.31. The predicted molar refractivity (Wildman–Crippen MR) is 80.8 cm³/mol. The predicted octanol–water partition coefficient (Wildman–Crippen LogP) is 3.16. The topological polar surface area (TPSA) is 63.6 Å². The molecule has 0 amide bonds. The molecule has 1 aromatic rings. The van der Waals surface area contributed by atoms with Crippen molar-refractivity contribution in [1.82, 2.24) is 0 Å². The maximum absolute atomic E-state index is 12.0. The number of esters is 1. The van der Waals surface area contributed by atoms with Crippen LogP contribution in [0.5, 0.6) is 0 Å². The Kier molecular flexibility index (Phi) is 6.92. The van der Waals surface area contributed by atoms with Gasteiger partial charge in [-0.05, 0) is 24.3 Å². The minimum absolute atomic E-state index is 0.330. The van der Waals surface area contributed by atoms with Crippen molar-refractivity contribution < 1.29 is 19.4 Å². The van der Waals surface area contributed by atoms with Gasteiger partial charge < -0.3 is 9.84 Å². The summed E-state index contributed by atoms with van der Waals surface area (Å²) in [6, 6.07) is 9.34. The summed E-state index contributed by atoms with van der Waals surface area (Å²) in [6.45, 7) is 6.07. The van der Waals surface area contributed by atoms with E-state index in [2.05, 4.69) is 0 Å². The Balaban J connectivity index is 2.63. The smallest absolute Gasteiger partial charge is 0.309 e. The molecule has 0 aliphatic rings. The molecule has 21 heavy (non-hydrogen) atoms. The number of carbonyl (C=O) groups excluding carboxylic acids is 1. The highest BCUT2D eigenvalue weighted by atomic mass is 16.5. The van der Waals surface area contributed by atoms with Crippen molar-refractivity contribution in [3.63, 3.8) is 0 Å². The van der Waals surface area contributed by atoms with Gasteiger partial charge >= 0.3 is 11.9 Å². The van der Waals surface area contributed by atoms with E-state index in [1.807, 2.05) is 44.2 Å². The first-order valence-electron chi connectivity index (χ1n) is 7.35. The lowest BCUT2D eigenvalue weighted by molar-refractivity contribution is -0.157. The standard InChI is InChI=1S/C17H24O4/c1-12(2)9-10-21-17(20)13(3)15(16(18)19)11-14-7-5-4-6-8-14/h4-8,12-13,15H,9-11H2,1-3H3,(H,18,19)/t13-,15+/m1/s1. The van der Waals surface area contributed by atoms with Gasteiger partial charge in [-0.2, -0.15) is 0 Å². The van der Waals surface area contributed by atoms with Gasteiger partial charge in [-0.15, -0.1) is 0 Å². The highest BCUT2D eigenvalue weighted by Crippen LogP contribution is 2.20. The highest BCUT2D eigenvalue weighted by Gasteiger charge is 2.31. The fraction of sp³-hybridized carbons (Fsp3) is 0.529. The molecule has 1 aromatic carbocycles. The molecule has 0 aliphatic heterocycles. The van der Waals surface area contributed by atoms with Crippen LogP contribution in [0.15, 0.2) is 30.3 Å².